The number of carbonyl (C=O) groups excluding carboxylic acids is 1. The lowest BCUT2D eigenvalue weighted by Gasteiger charge is -2.10. The predicted molar refractivity (Wildman–Crippen MR) is 70.9 cm³/mol. The molecule has 0 saturated carbocycles. The third-order valence-corrected chi connectivity index (χ3v) is 2.86. The fourth-order valence-corrected chi connectivity index (χ4v) is 1.49. The number of hydrogen-bond donors (Lipinski definition) is 2. The Morgan fingerprint density at radius 3 is 2.42 bits per heavy atom. The smallest absolute Gasteiger partial charge is 0.331 e. The number of aliphatic carboxylic acids is 1. The minimum atomic E-state index is -1.09. The number of benzene rings is 1. The molecular formula is C14H17NO4. The van der Waals surface area contributed by atoms with Crippen LogP contribution in [0, 0.1) is 0 Å². The summed E-state index contributed by atoms with van der Waals surface area (Å²) >= 11 is 0. The normalized spacial score (nSPS) is 11.5. The van der Waals surface area contributed by atoms with Gasteiger partial charge in [0.15, 0.2) is 0 Å². The lowest BCUT2D eigenvalue weighted by atomic mass is 10.1. The number of carboxylic acid groups (broad SMARTS) is 1. The number of amides is 1. The second-order valence-electron chi connectivity index (χ2n) is 4.05. The van der Waals surface area contributed by atoms with Crippen molar-refractivity contribution in [3.63, 3.8) is 0 Å². The van der Waals surface area contributed by atoms with Crippen LogP contribution < -0.4 is 10.1 Å². The number of nitrogens with one attached hydrogen (secondary N) is 1. The van der Waals surface area contributed by atoms with Crippen LogP contribution in [-0.4, -0.2) is 24.1 Å². The molecule has 1 aromatic carbocycles. The molecule has 0 aromatic heterocycles. The minimum Gasteiger partial charge on any atom is -0.496 e. The van der Waals surface area contributed by atoms with Gasteiger partial charge in [0.2, 0.25) is 5.91 Å². The molecule has 5 nitrogen and oxygen atoms in total. The van der Waals surface area contributed by atoms with Crippen LogP contribution in [0.15, 0.2) is 35.4 Å². The van der Waals surface area contributed by atoms with Gasteiger partial charge in [0.25, 0.3) is 0 Å². The molecule has 2 N–H and O–H groups in total. The summed E-state index contributed by atoms with van der Waals surface area (Å²) in [6.07, 6.45) is 0. The van der Waals surface area contributed by atoms with Gasteiger partial charge in [0.1, 0.15) is 5.75 Å². The van der Waals surface area contributed by atoms with Crippen molar-refractivity contribution in [3.8, 4) is 5.75 Å². The Kier molecular flexibility index (Phi) is 5.11. The van der Waals surface area contributed by atoms with Crippen molar-refractivity contribution >= 4 is 11.9 Å². The molecule has 0 fully saturated rings. The topological polar surface area (TPSA) is 75.6 Å². The first-order valence-corrected chi connectivity index (χ1v) is 5.78. The maximum absolute atomic E-state index is 11.8. The van der Waals surface area contributed by atoms with E-state index in [4.69, 9.17) is 9.84 Å². The van der Waals surface area contributed by atoms with Gasteiger partial charge in [-0.3, -0.25) is 4.79 Å². The van der Waals surface area contributed by atoms with Crippen molar-refractivity contribution in [1.82, 2.24) is 5.32 Å². The molecule has 1 aromatic rings. The quantitative estimate of drug-likeness (QED) is 0.793. The first-order chi connectivity index (χ1) is 8.97. The number of para-hydroxylation sites is 1. The van der Waals surface area contributed by atoms with Crippen LogP contribution in [0.3, 0.4) is 0 Å². The fraction of sp³-hybridized carbons (Fsp3) is 0.286. The van der Waals surface area contributed by atoms with Crippen LogP contribution in [0.4, 0.5) is 0 Å². The van der Waals surface area contributed by atoms with E-state index in [1.165, 1.54) is 13.8 Å². The highest BCUT2D eigenvalue weighted by Crippen LogP contribution is 2.16. The molecule has 0 bridgehead atoms. The molecular weight excluding hydrogens is 246 g/mol. The SMILES string of the molecule is COc1ccccc1CNC(=O)C(C)=C(C)C(=O)O. The Bertz CT molecular complexity index is 520. The summed E-state index contributed by atoms with van der Waals surface area (Å²) < 4.78 is 5.17. The molecule has 0 unspecified atom stereocenters. The predicted octanol–water partition coefficient (Wildman–Crippen LogP) is 1.73. The number of carboxylic acids is 1. The highest BCUT2D eigenvalue weighted by molar-refractivity contribution is 6.01. The summed E-state index contributed by atoms with van der Waals surface area (Å²) in [5, 5.41) is 11.5. The van der Waals surface area contributed by atoms with E-state index in [1.54, 1.807) is 13.2 Å². The third kappa shape index (κ3) is 3.84. The molecule has 0 atom stereocenters. The van der Waals surface area contributed by atoms with E-state index in [1.807, 2.05) is 18.2 Å². The van der Waals surface area contributed by atoms with Crippen LogP contribution in [-0.2, 0) is 16.1 Å². The zero-order valence-corrected chi connectivity index (χ0v) is 11.2. The van der Waals surface area contributed by atoms with Crippen LogP contribution >= 0.6 is 0 Å². The van der Waals surface area contributed by atoms with E-state index < -0.39 is 11.9 Å². The minimum absolute atomic E-state index is 0.0394. The van der Waals surface area contributed by atoms with E-state index in [0.717, 1.165) is 5.56 Å². The van der Waals surface area contributed by atoms with Crippen molar-refractivity contribution in [1.29, 1.82) is 0 Å². The summed E-state index contributed by atoms with van der Waals surface area (Å²) in [6.45, 7) is 3.18. The second-order valence-corrected chi connectivity index (χ2v) is 4.05. The first-order valence-electron chi connectivity index (χ1n) is 5.78. The highest BCUT2D eigenvalue weighted by atomic mass is 16.5. The van der Waals surface area contributed by atoms with Crippen molar-refractivity contribution in [2.45, 2.75) is 20.4 Å². The van der Waals surface area contributed by atoms with Crippen molar-refractivity contribution < 1.29 is 19.4 Å². The molecule has 0 spiro atoms. The van der Waals surface area contributed by atoms with Crippen molar-refractivity contribution in [2.24, 2.45) is 0 Å². The Labute approximate surface area is 111 Å². The van der Waals surface area contributed by atoms with Gasteiger partial charge >= 0.3 is 5.97 Å². The molecule has 0 radical (unpaired) electrons. The summed E-state index contributed by atoms with van der Waals surface area (Å²) in [5.41, 5.74) is 1.07. The van der Waals surface area contributed by atoms with Crippen LogP contribution in [0.25, 0.3) is 0 Å². The Morgan fingerprint density at radius 2 is 1.84 bits per heavy atom. The van der Waals surface area contributed by atoms with E-state index in [0.29, 0.717) is 5.75 Å². The molecule has 0 saturated heterocycles. The van der Waals surface area contributed by atoms with Crippen LogP contribution in [0.1, 0.15) is 19.4 Å². The van der Waals surface area contributed by atoms with Crippen molar-refractivity contribution in [3.05, 3.63) is 41.0 Å². The average molecular weight is 263 g/mol. The first kappa shape index (κ1) is 14.8. The van der Waals surface area contributed by atoms with Gasteiger partial charge in [0.05, 0.1) is 7.11 Å². The molecule has 0 aliphatic rings. The summed E-state index contributed by atoms with van der Waals surface area (Å²) in [5.74, 6) is -0.810. The molecule has 102 valence electrons. The maximum atomic E-state index is 11.8. The third-order valence-electron chi connectivity index (χ3n) is 2.86. The molecule has 0 aliphatic carbocycles. The van der Waals surface area contributed by atoms with Gasteiger partial charge in [-0.15, -0.1) is 0 Å². The summed E-state index contributed by atoms with van der Waals surface area (Å²) in [6, 6.07) is 7.31. The molecule has 5 heteroatoms. The lowest BCUT2D eigenvalue weighted by molar-refractivity contribution is -0.133. The van der Waals surface area contributed by atoms with Gasteiger partial charge in [-0.1, -0.05) is 18.2 Å². The Hall–Kier alpha value is -2.30. The van der Waals surface area contributed by atoms with Gasteiger partial charge in [-0.05, 0) is 19.9 Å². The molecule has 0 heterocycles. The Balaban J connectivity index is 2.75. The highest BCUT2D eigenvalue weighted by Gasteiger charge is 2.12. The standard InChI is InChI=1S/C14H17NO4/c1-9(10(2)14(17)18)13(16)15-8-11-6-4-5-7-12(11)19-3/h4-7H,8H2,1-3H3,(H,15,16)(H,17,18). The monoisotopic (exact) mass is 263 g/mol. The zero-order valence-electron chi connectivity index (χ0n) is 11.2. The fourth-order valence-electron chi connectivity index (χ4n) is 1.49. The number of ether oxygens (including phenoxy) is 1. The largest absolute Gasteiger partial charge is 0.496 e. The summed E-state index contributed by atoms with van der Waals surface area (Å²) in [7, 11) is 1.56. The van der Waals surface area contributed by atoms with Gasteiger partial charge in [-0.2, -0.15) is 0 Å². The number of carbonyl (C=O) groups is 2. The van der Waals surface area contributed by atoms with Crippen LogP contribution in [0.5, 0.6) is 5.75 Å². The van der Waals surface area contributed by atoms with Crippen molar-refractivity contribution in [2.75, 3.05) is 7.11 Å². The van der Waals surface area contributed by atoms with E-state index in [9.17, 15) is 9.59 Å². The van der Waals surface area contributed by atoms with E-state index >= 15 is 0 Å². The number of hydrogen-bond acceptors (Lipinski definition) is 3. The van der Waals surface area contributed by atoms with Gasteiger partial charge in [0, 0.05) is 23.3 Å². The lowest BCUT2D eigenvalue weighted by Crippen LogP contribution is -2.25. The molecule has 19 heavy (non-hydrogen) atoms. The van der Waals surface area contributed by atoms with Gasteiger partial charge < -0.3 is 15.2 Å². The average Bonchev–Trinajstić information content (AvgIpc) is 2.43. The van der Waals surface area contributed by atoms with Crippen LogP contribution in [0.2, 0.25) is 0 Å². The molecule has 1 rings (SSSR count). The van der Waals surface area contributed by atoms with Gasteiger partial charge in [-0.25, -0.2) is 4.79 Å². The molecule has 0 aliphatic heterocycles. The summed E-state index contributed by atoms with van der Waals surface area (Å²) in [4.78, 5) is 22.6. The number of methoxy groups -OCH3 is 1. The second kappa shape index (κ2) is 6.58. The van der Waals surface area contributed by atoms with E-state index in [-0.39, 0.29) is 17.7 Å². The number of rotatable bonds is 5. The van der Waals surface area contributed by atoms with E-state index in [2.05, 4.69) is 5.32 Å². The molecule has 1 amide bonds. The maximum Gasteiger partial charge on any atom is 0.331 e. The zero-order chi connectivity index (χ0) is 14.4. The Morgan fingerprint density at radius 1 is 1.21 bits per heavy atom.